The van der Waals surface area contributed by atoms with Crippen LogP contribution >= 0.6 is 0 Å². The zero-order valence-corrected chi connectivity index (χ0v) is 16.1. The van der Waals surface area contributed by atoms with Crippen LogP contribution < -0.4 is 0 Å². The van der Waals surface area contributed by atoms with E-state index in [-0.39, 0.29) is 19.4 Å². The number of rotatable bonds is 12. The fourth-order valence-electron chi connectivity index (χ4n) is 2.98. The third-order valence-corrected chi connectivity index (χ3v) is 4.84. The highest BCUT2D eigenvalue weighted by atomic mass is 19.4. The van der Waals surface area contributed by atoms with Crippen molar-refractivity contribution in [2.24, 2.45) is 5.92 Å². The molecule has 0 radical (unpaired) electrons. The molecule has 0 unspecified atom stereocenters. The van der Waals surface area contributed by atoms with Crippen LogP contribution in [0.2, 0.25) is 0 Å². The Kier molecular flexibility index (Phi) is 9.80. The van der Waals surface area contributed by atoms with Gasteiger partial charge in [-0.3, -0.25) is 9.59 Å². The molecular formula is C18H24F8O4. The van der Waals surface area contributed by atoms with Gasteiger partial charge in [0, 0.05) is 12.8 Å². The summed E-state index contributed by atoms with van der Waals surface area (Å²) in [6.45, 7) is -2.30. The number of hydrogen-bond donors (Lipinski definition) is 0. The minimum atomic E-state index is -6.43. The standard InChI is InChI=1S/C18H24F8O4/c19-15(20)17(23,24)18(25,26)16(21,22)11-30-14(28)8-4-7-13(27)29-10-9-12-5-2-1-3-6-12/h12,15H,1-11H2. The summed E-state index contributed by atoms with van der Waals surface area (Å²) < 4.78 is 111. The van der Waals surface area contributed by atoms with Crippen LogP contribution in [0.3, 0.4) is 0 Å². The SMILES string of the molecule is O=C(CCCC(=O)OCC(F)(F)C(F)(F)C(F)(F)C(F)F)OCCC1CCCCC1. The molecule has 176 valence electrons. The molecule has 0 spiro atoms. The van der Waals surface area contributed by atoms with Gasteiger partial charge >= 0.3 is 36.1 Å². The predicted molar refractivity (Wildman–Crippen MR) is 87.8 cm³/mol. The molecule has 0 heterocycles. The van der Waals surface area contributed by atoms with Gasteiger partial charge in [-0.1, -0.05) is 32.1 Å². The number of hydrogen-bond acceptors (Lipinski definition) is 4. The fraction of sp³-hybridized carbons (Fsp3) is 0.889. The molecule has 1 aliphatic rings. The molecule has 4 nitrogen and oxygen atoms in total. The summed E-state index contributed by atoms with van der Waals surface area (Å²) in [5.41, 5.74) is 0. The fourth-order valence-corrected chi connectivity index (χ4v) is 2.98. The van der Waals surface area contributed by atoms with Gasteiger partial charge in [-0.15, -0.1) is 0 Å². The average Bonchev–Trinajstić information content (AvgIpc) is 2.67. The average molecular weight is 456 g/mol. The third kappa shape index (κ3) is 7.26. The molecular weight excluding hydrogens is 432 g/mol. The first-order chi connectivity index (χ1) is 13.8. The molecule has 1 rings (SSSR count). The van der Waals surface area contributed by atoms with E-state index in [9.17, 15) is 44.7 Å². The Balaban J connectivity index is 2.29. The third-order valence-electron chi connectivity index (χ3n) is 4.84. The quantitative estimate of drug-likeness (QED) is 0.292. The highest BCUT2D eigenvalue weighted by Gasteiger charge is 2.75. The molecule has 0 saturated heterocycles. The Morgan fingerprint density at radius 1 is 0.867 bits per heavy atom. The van der Waals surface area contributed by atoms with Crippen LogP contribution in [0.4, 0.5) is 35.1 Å². The monoisotopic (exact) mass is 456 g/mol. The first-order valence-electron chi connectivity index (χ1n) is 9.54. The lowest BCUT2D eigenvalue weighted by atomic mass is 9.87. The first-order valence-corrected chi connectivity index (χ1v) is 9.54. The van der Waals surface area contributed by atoms with E-state index in [2.05, 4.69) is 4.74 Å². The minimum absolute atomic E-state index is 0.202. The highest BCUT2D eigenvalue weighted by Crippen LogP contribution is 2.48. The van der Waals surface area contributed by atoms with Gasteiger partial charge in [0.1, 0.15) is 0 Å². The number of carbonyl (C=O) groups excluding carboxylic acids is 2. The number of esters is 2. The molecule has 0 aliphatic heterocycles. The molecule has 0 aromatic carbocycles. The van der Waals surface area contributed by atoms with E-state index >= 15 is 0 Å². The summed E-state index contributed by atoms with van der Waals surface area (Å²) in [6, 6.07) is 0. The molecule has 0 aromatic rings. The van der Waals surface area contributed by atoms with E-state index in [0.717, 1.165) is 25.7 Å². The van der Waals surface area contributed by atoms with Crippen molar-refractivity contribution in [3.63, 3.8) is 0 Å². The van der Waals surface area contributed by atoms with Gasteiger partial charge in [-0.05, 0) is 18.8 Å². The van der Waals surface area contributed by atoms with Crippen LogP contribution in [-0.2, 0) is 19.1 Å². The van der Waals surface area contributed by atoms with E-state index in [4.69, 9.17) is 4.74 Å². The lowest BCUT2D eigenvalue weighted by Gasteiger charge is -2.31. The molecule has 0 amide bonds. The summed E-state index contributed by atoms with van der Waals surface area (Å²) in [5.74, 6) is -20.1. The summed E-state index contributed by atoms with van der Waals surface area (Å²) in [6.07, 6.45) is 0.115. The largest absolute Gasteiger partial charge is 0.466 e. The van der Waals surface area contributed by atoms with Crippen LogP contribution in [0.25, 0.3) is 0 Å². The lowest BCUT2D eigenvalue weighted by Crippen LogP contribution is -2.59. The van der Waals surface area contributed by atoms with Crippen molar-refractivity contribution in [3.05, 3.63) is 0 Å². The first kappa shape index (κ1) is 26.4. The van der Waals surface area contributed by atoms with Crippen LogP contribution in [0, 0.1) is 5.92 Å². The lowest BCUT2D eigenvalue weighted by molar-refractivity contribution is -0.344. The number of alkyl halides is 8. The second kappa shape index (κ2) is 11.1. The Morgan fingerprint density at radius 3 is 1.93 bits per heavy atom. The normalized spacial score (nSPS) is 16.6. The van der Waals surface area contributed by atoms with Crippen molar-refractivity contribution in [2.75, 3.05) is 13.2 Å². The minimum Gasteiger partial charge on any atom is -0.466 e. The smallest absolute Gasteiger partial charge is 0.381 e. The Hall–Kier alpha value is -1.62. The maximum absolute atomic E-state index is 13.2. The van der Waals surface area contributed by atoms with Crippen LogP contribution in [0.1, 0.15) is 57.8 Å². The molecule has 1 aliphatic carbocycles. The van der Waals surface area contributed by atoms with Crippen molar-refractivity contribution in [1.29, 1.82) is 0 Å². The van der Waals surface area contributed by atoms with Gasteiger partial charge in [0.2, 0.25) is 0 Å². The van der Waals surface area contributed by atoms with Gasteiger partial charge in [-0.2, -0.15) is 26.3 Å². The zero-order chi connectivity index (χ0) is 23.0. The van der Waals surface area contributed by atoms with Crippen LogP contribution in [-0.4, -0.2) is 49.3 Å². The van der Waals surface area contributed by atoms with Gasteiger partial charge < -0.3 is 9.47 Å². The summed E-state index contributed by atoms with van der Waals surface area (Å²) >= 11 is 0. The second-order valence-electron chi connectivity index (χ2n) is 7.23. The van der Waals surface area contributed by atoms with Crippen molar-refractivity contribution >= 4 is 11.9 Å². The Bertz CT molecular complexity index is 562. The molecule has 1 fully saturated rings. The highest BCUT2D eigenvalue weighted by molar-refractivity contribution is 5.72. The Morgan fingerprint density at radius 2 is 1.40 bits per heavy atom. The summed E-state index contributed by atoms with van der Waals surface area (Å²) in [5, 5.41) is 0. The molecule has 30 heavy (non-hydrogen) atoms. The van der Waals surface area contributed by atoms with E-state index in [1.807, 2.05) is 0 Å². The van der Waals surface area contributed by atoms with Crippen molar-refractivity contribution in [3.8, 4) is 0 Å². The number of carbonyl (C=O) groups is 2. The molecule has 0 bridgehead atoms. The molecule has 12 heteroatoms. The van der Waals surface area contributed by atoms with E-state index < -0.39 is 49.2 Å². The molecule has 0 aromatic heterocycles. The van der Waals surface area contributed by atoms with E-state index in [1.54, 1.807) is 0 Å². The van der Waals surface area contributed by atoms with Crippen LogP contribution in [0.15, 0.2) is 0 Å². The van der Waals surface area contributed by atoms with Gasteiger partial charge in [0.15, 0.2) is 6.61 Å². The Labute approximate surface area is 168 Å². The van der Waals surface area contributed by atoms with Gasteiger partial charge in [0.25, 0.3) is 0 Å². The molecule has 1 saturated carbocycles. The van der Waals surface area contributed by atoms with Crippen molar-refractivity contribution in [2.45, 2.75) is 82.0 Å². The molecule has 0 atom stereocenters. The van der Waals surface area contributed by atoms with Crippen molar-refractivity contribution < 1.29 is 54.2 Å². The van der Waals surface area contributed by atoms with E-state index in [0.29, 0.717) is 12.3 Å². The summed E-state index contributed by atoms with van der Waals surface area (Å²) in [4.78, 5) is 22.9. The number of halogens is 8. The topological polar surface area (TPSA) is 52.6 Å². The maximum atomic E-state index is 13.2. The number of ether oxygens (including phenoxy) is 2. The summed E-state index contributed by atoms with van der Waals surface area (Å²) in [7, 11) is 0. The van der Waals surface area contributed by atoms with Crippen LogP contribution in [0.5, 0.6) is 0 Å². The van der Waals surface area contributed by atoms with Crippen molar-refractivity contribution in [1.82, 2.24) is 0 Å². The maximum Gasteiger partial charge on any atom is 0.381 e. The second-order valence-corrected chi connectivity index (χ2v) is 7.23. The van der Waals surface area contributed by atoms with Gasteiger partial charge in [0.05, 0.1) is 6.61 Å². The predicted octanol–water partition coefficient (Wildman–Crippen LogP) is 5.38. The van der Waals surface area contributed by atoms with E-state index in [1.165, 1.54) is 6.42 Å². The molecule has 0 N–H and O–H groups in total. The zero-order valence-electron chi connectivity index (χ0n) is 16.1. The van der Waals surface area contributed by atoms with Gasteiger partial charge in [-0.25, -0.2) is 8.78 Å².